The highest BCUT2D eigenvalue weighted by atomic mass is 32.1. The molecule has 1 N–H and O–H groups in total. The molecule has 1 unspecified atom stereocenters. The summed E-state index contributed by atoms with van der Waals surface area (Å²) in [7, 11) is 0. The second-order valence-electron chi connectivity index (χ2n) is 4.70. The first-order valence-corrected chi connectivity index (χ1v) is 7.62. The van der Waals surface area contributed by atoms with Crippen LogP contribution in [0.15, 0.2) is 22.8 Å². The van der Waals surface area contributed by atoms with E-state index in [-0.39, 0.29) is 18.4 Å². The van der Waals surface area contributed by atoms with Crippen LogP contribution in [0.2, 0.25) is 0 Å². The molecule has 0 radical (unpaired) electrons. The molecule has 110 valence electrons. The number of nitriles is 1. The maximum atomic E-state index is 12.0. The van der Waals surface area contributed by atoms with Gasteiger partial charge in [-0.05, 0) is 25.5 Å². The zero-order chi connectivity index (χ0) is 15.2. The van der Waals surface area contributed by atoms with Gasteiger partial charge in [-0.1, -0.05) is 6.92 Å². The normalized spacial score (nSPS) is 11.9. The van der Waals surface area contributed by atoms with E-state index in [1.54, 1.807) is 6.26 Å². The van der Waals surface area contributed by atoms with Crippen LogP contribution >= 0.6 is 11.3 Å². The third kappa shape index (κ3) is 3.92. The number of thiazole rings is 1. The fourth-order valence-corrected chi connectivity index (χ4v) is 2.93. The Kier molecular flexibility index (Phi) is 5.12. The van der Waals surface area contributed by atoms with Crippen LogP contribution in [0.3, 0.4) is 0 Å². The summed E-state index contributed by atoms with van der Waals surface area (Å²) in [5, 5.41) is 12.3. The molecule has 2 rings (SSSR count). The van der Waals surface area contributed by atoms with E-state index >= 15 is 0 Å². The number of carbonyl (C=O) groups is 1. The Morgan fingerprint density at radius 2 is 2.43 bits per heavy atom. The summed E-state index contributed by atoms with van der Waals surface area (Å²) in [5.74, 6) is 0.614. The van der Waals surface area contributed by atoms with Gasteiger partial charge in [-0.2, -0.15) is 5.26 Å². The molecule has 2 aromatic heterocycles. The van der Waals surface area contributed by atoms with Crippen molar-refractivity contribution in [1.29, 1.82) is 5.26 Å². The monoisotopic (exact) mass is 303 g/mol. The number of nitrogens with one attached hydrogen (secondary N) is 1. The fraction of sp³-hybridized carbons (Fsp3) is 0.400. The lowest BCUT2D eigenvalue weighted by molar-refractivity contribution is -0.121. The van der Waals surface area contributed by atoms with Crippen LogP contribution in [-0.2, 0) is 11.2 Å². The number of amides is 1. The van der Waals surface area contributed by atoms with Crippen molar-refractivity contribution in [3.8, 4) is 17.5 Å². The molecule has 0 fully saturated rings. The summed E-state index contributed by atoms with van der Waals surface area (Å²) in [6.45, 7) is 3.91. The van der Waals surface area contributed by atoms with Crippen LogP contribution in [0.4, 0.5) is 0 Å². The van der Waals surface area contributed by atoms with Crippen molar-refractivity contribution in [2.45, 2.75) is 39.2 Å². The van der Waals surface area contributed by atoms with E-state index < -0.39 is 0 Å². The van der Waals surface area contributed by atoms with Crippen molar-refractivity contribution in [2.75, 3.05) is 0 Å². The van der Waals surface area contributed by atoms with Gasteiger partial charge < -0.3 is 9.73 Å². The summed E-state index contributed by atoms with van der Waals surface area (Å²) in [5.41, 5.74) is 0.789. The van der Waals surface area contributed by atoms with Gasteiger partial charge in [-0.25, -0.2) is 4.98 Å². The van der Waals surface area contributed by atoms with E-state index in [9.17, 15) is 4.79 Å². The number of nitrogens with zero attached hydrogens (tertiary/aromatic N) is 2. The highest BCUT2D eigenvalue weighted by molar-refractivity contribution is 7.12. The van der Waals surface area contributed by atoms with Crippen LogP contribution in [0.5, 0.6) is 0 Å². The predicted octanol–water partition coefficient (Wildman–Crippen LogP) is 3.06. The molecule has 1 atom stereocenters. The first-order chi connectivity index (χ1) is 10.1. The largest absolute Gasteiger partial charge is 0.463 e. The van der Waals surface area contributed by atoms with Crippen molar-refractivity contribution in [2.24, 2.45) is 0 Å². The van der Waals surface area contributed by atoms with E-state index in [4.69, 9.17) is 9.68 Å². The molecule has 6 heteroatoms. The Morgan fingerprint density at radius 1 is 1.62 bits per heavy atom. The number of rotatable bonds is 6. The van der Waals surface area contributed by atoms with Gasteiger partial charge in [0.15, 0.2) is 5.76 Å². The molecule has 2 aromatic rings. The molecular weight excluding hydrogens is 286 g/mol. The van der Waals surface area contributed by atoms with E-state index in [0.29, 0.717) is 12.2 Å². The third-order valence-electron chi connectivity index (χ3n) is 3.10. The summed E-state index contributed by atoms with van der Waals surface area (Å²) >= 11 is 1.49. The fourth-order valence-electron chi connectivity index (χ4n) is 1.99. The highest BCUT2D eigenvalue weighted by Crippen LogP contribution is 2.27. The lowest BCUT2D eigenvalue weighted by atomic mass is 10.1. The Bertz CT molecular complexity index is 640. The molecule has 0 aliphatic heterocycles. The minimum Gasteiger partial charge on any atom is -0.463 e. The zero-order valence-corrected chi connectivity index (χ0v) is 12.9. The molecule has 0 aliphatic rings. The van der Waals surface area contributed by atoms with Crippen LogP contribution in [0.1, 0.15) is 29.7 Å². The number of aryl methyl sites for hydroxylation is 1. The van der Waals surface area contributed by atoms with Gasteiger partial charge in [-0.3, -0.25) is 4.79 Å². The minimum absolute atomic E-state index is 0.0897. The summed E-state index contributed by atoms with van der Waals surface area (Å²) in [6, 6.07) is 5.66. The van der Waals surface area contributed by atoms with Gasteiger partial charge in [0.1, 0.15) is 10.7 Å². The first kappa shape index (κ1) is 15.3. The zero-order valence-electron chi connectivity index (χ0n) is 12.0. The lowest BCUT2D eigenvalue weighted by Crippen LogP contribution is -2.35. The molecule has 0 saturated carbocycles. The molecule has 0 saturated heterocycles. The standard InChI is InChI=1S/C15H17N3O2S/c1-3-11(6-7-16)17-13(19)9-14-18-15(10(2)21-14)12-5-4-8-20-12/h4-5,8,11H,3,6,9H2,1-2H3,(H,17,19). The first-order valence-electron chi connectivity index (χ1n) is 6.80. The van der Waals surface area contributed by atoms with Crippen LogP contribution < -0.4 is 5.32 Å². The molecule has 1 amide bonds. The van der Waals surface area contributed by atoms with Gasteiger partial charge in [0.2, 0.25) is 5.91 Å². The van der Waals surface area contributed by atoms with E-state index in [0.717, 1.165) is 22.0 Å². The molecule has 0 spiro atoms. The van der Waals surface area contributed by atoms with Gasteiger partial charge in [0.25, 0.3) is 0 Å². The quantitative estimate of drug-likeness (QED) is 0.889. The Hall–Kier alpha value is -2.13. The van der Waals surface area contributed by atoms with Gasteiger partial charge in [-0.15, -0.1) is 11.3 Å². The van der Waals surface area contributed by atoms with Gasteiger partial charge in [0.05, 0.1) is 25.2 Å². The molecular formula is C15H17N3O2S. The van der Waals surface area contributed by atoms with Crippen molar-refractivity contribution in [3.05, 3.63) is 28.3 Å². The number of carbonyl (C=O) groups excluding carboxylic acids is 1. The molecule has 21 heavy (non-hydrogen) atoms. The van der Waals surface area contributed by atoms with Crippen LogP contribution in [0.25, 0.3) is 11.5 Å². The highest BCUT2D eigenvalue weighted by Gasteiger charge is 2.16. The minimum atomic E-state index is -0.100. The van der Waals surface area contributed by atoms with E-state index in [2.05, 4.69) is 16.4 Å². The molecule has 0 aromatic carbocycles. The van der Waals surface area contributed by atoms with Crippen molar-refractivity contribution in [3.63, 3.8) is 0 Å². The summed E-state index contributed by atoms with van der Waals surface area (Å²) in [6.07, 6.45) is 2.91. The van der Waals surface area contributed by atoms with E-state index in [1.165, 1.54) is 11.3 Å². The number of hydrogen-bond donors (Lipinski definition) is 1. The lowest BCUT2D eigenvalue weighted by Gasteiger charge is -2.12. The predicted molar refractivity (Wildman–Crippen MR) is 80.7 cm³/mol. The van der Waals surface area contributed by atoms with Crippen molar-refractivity contribution in [1.82, 2.24) is 10.3 Å². The Morgan fingerprint density at radius 3 is 3.05 bits per heavy atom. The summed E-state index contributed by atoms with van der Waals surface area (Å²) < 4.78 is 5.34. The average molecular weight is 303 g/mol. The molecule has 0 bridgehead atoms. The third-order valence-corrected chi connectivity index (χ3v) is 4.07. The smallest absolute Gasteiger partial charge is 0.227 e. The second kappa shape index (κ2) is 7.04. The van der Waals surface area contributed by atoms with Crippen LogP contribution in [-0.4, -0.2) is 16.9 Å². The maximum absolute atomic E-state index is 12.0. The average Bonchev–Trinajstić information content (AvgIpc) is 3.07. The Labute approximate surface area is 127 Å². The van der Waals surface area contributed by atoms with Gasteiger partial charge >= 0.3 is 0 Å². The SMILES string of the molecule is CCC(CC#N)NC(=O)Cc1nc(-c2ccco2)c(C)s1. The number of aromatic nitrogens is 1. The van der Waals surface area contributed by atoms with Crippen LogP contribution in [0, 0.1) is 18.3 Å². The van der Waals surface area contributed by atoms with E-state index in [1.807, 2.05) is 26.0 Å². The van der Waals surface area contributed by atoms with Gasteiger partial charge in [0, 0.05) is 10.9 Å². The maximum Gasteiger partial charge on any atom is 0.227 e. The number of furan rings is 1. The number of hydrogen-bond acceptors (Lipinski definition) is 5. The van der Waals surface area contributed by atoms with Crippen molar-refractivity contribution < 1.29 is 9.21 Å². The molecule has 2 heterocycles. The second-order valence-corrected chi connectivity index (χ2v) is 5.99. The summed E-state index contributed by atoms with van der Waals surface area (Å²) in [4.78, 5) is 17.5. The Balaban J connectivity index is 2.02. The topological polar surface area (TPSA) is 78.9 Å². The molecule has 5 nitrogen and oxygen atoms in total. The van der Waals surface area contributed by atoms with Crippen molar-refractivity contribution >= 4 is 17.2 Å². The molecule has 0 aliphatic carbocycles.